The maximum atomic E-state index is 11.3. The fourth-order valence-electron chi connectivity index (χ4n) is 4.31. The number of carbonyl (C=O) groups excluding carboxylic acids is 1. The summed E-state index contributed by atoms with van der Waals surface area (Å²) in [6.07, 6.45) is 4.79. The van der Waals surface area contributed by atoms with Crippen molar-refractivity contribution in [2.75, 3.05) is 35.7 Å². The molecule has 3 heterocycles. The Morgan fingerprint density at radius 3 is 2.57 bits per heavy atom. The van der Waals surface area contributed by atoms with E-state index in [4.69, 9.17) is 14.7 Å². The van der Waals surface area contributed by atoms with Gasteiger partial charge in [0.05, 0.1) is 7.11 Å². The lowest BCUT2D eigenvalue weighted by atomic mass is 9.92. The van der Waals surface area contributed by atoms with Gasteiger partial charge in [-0.3, -0.25) is 9.89 Å². The first-order chi connectivity index (χ1) is 16.9. The van der Waals surface area contributed by atoms with Crippen LogP contribution in [0.3, 0.4) is 0 Å². The highest BCUT2D eigenvalue weighted by Crippen LogP contribution is 2.39. The second kappa shape index (κ2) is 11.4. The molecule has 186 valence electrons. The molecule has 1 aliphatic rings. The number of ether oxygens (including phenoxy) is 1. The molecule has 0 bridgehead atoms. The molecule has 2 aromatic heterocycles. The molecular weight excluding hydrogens is 462 g/mol. The zero-order valence-corrected chi connectivity index (χ0v) is 21.5. The first-order valence-corrected chi connectivity index (χ1v) is 12.8. The van der Waals surface area contributed by atoms with E-state index in [0.29, 0.717) is 22.5 Å². The third-order valence-electron chi connectivity index (χ3n) is 5.98. The lowest BCUT2D eigenvalue weighted by Crippen LogP contribution is -2.34. The zero-order valence-electron chi connectivity index (χ0n) is 20.7. The molecule has 1 aliphatic heterocycles. The number of aryl methyl sites for hydroxylation is 1. The predicted octanol–water partition coefficient (Wildman–Crippen LogP) is 5.39. The Bertz CT molecular complexity index is 1140. The van der Waals surface area contributed by atoms with Crippen molar-refractivity contribution in [3.63, 3.8) is 0 Å². The number of benzene rings is 1. The molecule has 3 N–H and O–H groups in total. The molecule has 0 atom stereocenters. The van der Waals surface area contributed by atoms with E-state index in [1.54, 1.807) is 7.11 Å². The first kappa shape index (κ1) is 24.8. The lowest BCUT2D eigenvalue weighted by molar-refractivity contribution is -0.114. The number of anilines is 4. The van der Waals surface area contributed by atoms with E-state index in [-0.39, 0.29) is 5.91 Å². The van der Waals surface area contributed by atoms with Gasteiger partial charge in [-0.1, -0.05) is 19.8 Å². The molecule has 1 fully saturated rings. The van der Waals surface area contributed by atoms with Gasteiger partial charge in [-0.05, 0) is 61.7 Å². The minimum atomic E-state index is -0.0967. The van der Waals surface area contributed by atoms with Crippen molar-refractivity contribution in [2.24, 2.45) is 5.92 Å². The number of methoxy groups -OCH3 is 1. The summed E-state index contributed by atoms with van der Waals surface area (Å²) in [6.45, 7) is 7.58. The van der Waals surface area contributed by atoms with Gasteiger partial charge in [0.2, 0.25) is 11.7 Å². The highest BCUT2D eigenvalue weighted by Gasteiger charge is 2.26. The van der Waals surface area contributed by atoms with Crippen LogP contribution >= 0.6 is 11.8 Å². The van der Waals surface area contributed by atoms with Crippen LogP contribution in [0.4, 0.5) is 23.1 Å². The minimum Gasteiger partial charge on any atom is -0.490 e. The Morgan fingerprint density at radius 1 is 1.23 bits per heavy atom. The summed E-state index contributed by atoms with van der Waals surface area (Å²) in [7, 11) is 1.65. The molecule has 0 unspecified atom stereocenters. The number of carbonyl (C=O) groups is 1. The summed E-state index contributed by atoms with van der Waals surface area (Å²) in [4.78, 5) is 24.3. The number of hydrogen-bond donors (Lipinski definition) is 3. The van der Waals surface area contributed by atoms with Crippen LogP contribution in [0, 0.1) is 12.8 Å². The predicted molar refractivity (Wildman–Crippen MR) is 140 cm³/mol. The summed E-state index contributed by atoms with van der Waals surface area (Å²) in [6, 6.07) is 9.56. The average Bonchev–Trinajstić information content (AvgIpc) is 3.25. The number of H-pyrrole nitrogens is 1. The average molecular weight is 496 g/mol. The SMILES string of the molecule is CCCC1CCN(c2nc(Sc3ccc(NC(C)=O)cc3)nc(Nc3cc(C)[nH]n3)c2OC)CC1. The fourth-order valence-corrected chi connectivity index (χ4v) is 5.06. The van der Waals surface area contributed by atoms with Gasteiger partial charge in [0.15, 0.2) is 22.6 Å². The van der Waals surface area contributed by atoms with E-state index in [0.717, 1.165) is 53.9 Å². The second-order valence-corrected chi connectivity index (χ2v) is 9.84. The van der Waals surface area contributed by atoms with E-state index < -0.39 is 0 Å². The summed E-state index contributed by atoms with van der Waals surface area (Å²) in [5, 5.41) is 14.0. The Kier molecular flexibility index (Phi) is 8.12. The second-order valence-electron chi connectivity index (χ2n) is 8.80. The van der Waals surface area contributed by atoms with Gasteiger partial charge >= 0.3 is 0 Å². The van der Waals surface area contributed by atoms with E-state index in [1.165, 1.54) is 31.5 Å². The van der Waals surface area contributed by atoms with Gasteiger partial charge in [-0.2, -0.15) is 5.10 Å². The van der Waals surface area contributed by atoms with Crippen molar-refractivity contribution in [1.29, 1.82) is 0 Å². The quantitative estimate of drug-likeness (QED) is 0.339. The van der Waals surface area contributed by atoms with E-state index in [2.05, 4.69) is 32.7 Å². The van der Waals surface area contributed by atoms with Gasteiger partial charge in [-0.25, -0.2) is 9.97 Å². The maximum Gasteiger partial charge on any atom is 0.221 e. The Morgan fingerprint density at radius 2 is 1.97 bits per heavy atom. The first-order valence-electron chi connectivity index (χ1n) is 12.0. The zero-order chi connectivity index (χ0) is 24.8. The number of aromatic amines is 1. The van der Waals surface area contributed by atoms with Crippen molar-refractivity contribution in [1.82, 2.24) is 20.2 Å². The van der Waals surface area contributed by atoms with Crippen LogP contribution in [0.15, 0.2) is 40.4 Å². The number of piperidine rings is 1. The summed E-state index contributed by atoms with van der Waals surface area (Å²) >= 11 is 1.47. The van der Waals surface area contributed by atoms with Crippen molar-refractivity contribution in [3.05, 3.63) is 36.0 Å². The van der Waals surface area contributed by atoms with Crippen LogP contribution < -0.4 is 20.3 Å². The molecule has 35 heavy (non-hydrogen) atoms. The third-order valence-corrected chi connectivity index (χ3v) is 6.85. The molecule has 3 aromatic rings. The third kappa shape index (κ3) is 6.45. The largest absolute Gasteiger partial charge is 0.490 e. The number of nitrogens with zero attached hydrogens (tertiary/aromatic N) is 4. The van der Waals surface area contributed by atoms with Crippen LogP contribution in [0.5, 0.6) is 5.75 Å². The Labute approximate surface area is 210 Å². The number of aromatic nitrogens is 4. The molecule has 0 aliphatic carbocycles. The van der Waals surface area contributed by atoms with Crippen molar-refractivity contribution >= 4 is 40.8 Å². The molecule has 4 rings (SSSR count). The lowest BCUT2D eigenvalue weighted by Gasteiger charge is -2.33. The van der Waals surface area contributed by atoms with Gasteiger partial charge in [0.25, 0.3) is 0 Å². The van der Waals surface area contributed by atoms with Crippen molar-refractivity contribution < 1.29 is 9.53 Å². The highest BCUT2D eigenvalue weighted by molar-refractivity contribution is 7.99. The summed E-state index contributed by atoms with van der Waals surface area (Å²) < 4.78 is 5.82. The van der Waals surface area contributed by atoms with Crippen LogP contribution in [0.25, 0.3) is 0 Å². The molecule has 9 nitrogen and oxygen atoms in total. The molecule has 0 radical (unpaired) electrons. The van der Waals surface area contributed by atoms with Gasteiger partial charge in [-0.15, -0.1) is 0 Å². The van der Waals surface area contributed by atoms with Crippen LogP contribution in [0.1, 0.15) is 45.2 Å². The molecule has 1 amide bonds. The number of nitrogens with one attached hydrogen (secondary N) is 3. The summed E-state index contributed by atoms with van der Waals surface area (Å²) in [5.74, 6) is 3.33. The Balaban J connectivity index is 1.64. The van der Waals surface area contributed by atoms with Gasteiger partial charge < -0.3 is 20.3 Å². The van der Waals surface area contributed by atoms with Gasteiger partial charge in [0.1, 0.15) is 0 Å². The standard InChI is InChI=1S/C25H33N7O2S/c1-5-6-18-11-13-32(14-12-18)24-22(34-4)23(27-21-15-16(2)30-31-21)28-25(29-24)35-20-9-7-19(8-10-20)26-17(3)33/h7-10,15,18H,5-6,11-14H2,1-4H3,(H,26,33)(H2,27,28,29,30,31). The monoisotopic (exact) mass is 495 g/mol. The normalized spacial score (nSPS) is 14.1. The van der Waals surface area contributed by atoms with Crippen LogP contribution in [-0.4, -0.2) is 46.3 Å². The molecular formula is C25H33N7O2S. The fraction of sp³-hybridized carbons (Fsp3) is 0.440. The van der Waals surface area contributed by atoms with E-state index >= 15 is 0 Å². The molecule has 10 heteroatoms. The van der Waals surface area contributed by atoms with E-state index in [1.807, 2.05) is 37.3 Å². The molecule has 0 saturated carbocycles. The topological polar surface area (TPSA) is 108 Å². The molecule has 0 spiro atoms. The molecule has 1 saturated heterocycles. The highest BCUT2D eigenvalue weighted by atomic mass is 32.2. The minimum absolute atomic E-state index is 0.0967. The maximum absolute atomic E-state index is 11.3. The van der Waals surface area contributed by atoms with Crippen molar-refractivity contribution in [3.8, 4) is 5.75 Å². The number of hydrogen-bond acceptors (Lipinski definition) is 8. The van der Waals surface area contributed by atoms with Gasteiger partial charge in [0, 0.05) is 42.4 Å². The number of amides is 1. The van der Waals surface area contributed by atoms with Crippen molar-refractivity contribution in [2.45, 2.75) is 56.5 Å². The Hall–Kier alpha value is -3.27. The smallest absolute Gasteiger partial charge is 0.221 e. The number of rotatable bonds is 9. The van der Waals surface area contributed by atoms with Crippen LogP contribution in [-0.2, 0) is 4.79 Å². The van der Waals surface area contributed by atoms with E-state index in [9.17, 15) is 4.79 Å². The van der Waals surface area contributed by atoms with Crippen LogP contribution in [0.2, 0.25) is 0 Å². The summed E-state index contributed by atoms with van der Waals surface area (Å²) in [5.41, 5.74) is 1.71. The molecule has 1 aromatic carbocycles.